The smallest absolute Gasteiger partial charge is 0.157 e. The molecule has 0 aliphatic heterocycles. The number of fused-ring (bicyclic) bond motifs is 1. The number of hydrogen-bond donors (Lipinski definition) is 1. The lowest BCUT2D eigenvalue weighted by Gasteiger charge is -2.06. The second kappa shape index (κ2) is 4.86. The first-order valence-corrected chi connectivity index (χ1v) is 6.25. The van der Waals surface area contributed by atoms with Gasteiger partial charge in [-0.2, -0.15) is 0 Å². The Balaban J connectivity index is 1.87. The van der Waals surface area contributed by atoms with E-state index in [9.17, 15) is 0 Å². The summed E-state index contributed by atoms with van der Waals surface area (Å²) in [4.78, 5) is 0. The Kier molecular flexibility index (Phi) is 3.05. The van der Waals surface area contributed by atoms with Gasteiger partial charge in [-0.15, -0.1) is 0 Å². The summed E-state index contributed by atoms with van der Waals surface area (Å²) in [5.74, 6) is 0.655. The number of furan rings is 1. The Morgan fingerprint density at radius 2 is 1.95 bits per heavy atom. The van der Waals surface area contributed by atoms with Gasteiger partial charge < -0.3 is 14.9 Å². The van der Waals surface area contributed by atoms with Crippen molar-refractivity contribution in [2.24, 2.45) is 0 Å². The number of hydrogen-bond acceptors (Lipinski definition) is 3. The van der Waals surface area contributed by atoms with Gasteiger partial charge in [0.25, 0.3) is 0 Å². The molecule has 0 spiro atoms. The third kappa shape index (κ3) is 2.25. The predicted molar refractivity (Wildman–Crippen MR) is 76.4 cm³/mol. The van der Waals surface area contributed by atoms with E-state index in [1.54, 1.807) is 12.3 Å². The standard InChI is InChI=1S/C15H12ClNO2/c16-12-5-1-2-7-14(12)18-8-10-9-19-15-11(10)4-3-6-13(15)17/h1-7,9H,8,17H2. The number of anilines is 1. The van der Waals surface area contributed by atoms with Crippen molar-refractivity contribution in [2.45, 2.75) is 6.61 Å². The van der Waals surface area contributed by atoms with Gasteiger partial charge in [-0.25, -0.2) is 0 Å². The molecule has 0 aliphatic carbocycles. The Morgan fingerprint density at radius 3 is 2.79 bits per heavy atom. The number of rotatable bonds is 3. The van der Waals surface area contributed by atoms with Crippen LogP contribution in [0.5, 0.6) is 5.75 Å². The molecular weight excluding hydrogens is 262 g/mol. The van der Waals surface area contributed by atoms with E-state index in [2.05, 4.69) is 0 Å². The Morgan fingerprint density at radius 1 is 1.11 bits per heavy atom. The number of nitrogens with two attached hydrogens (primary N) is 1. The van der Waals surface area contributed by atoms with E-state index >= 15 is 0 Å². The van der Waals surface area contributed by atoms with Crippen LogP contribution in [0.15, 0.2) is 53.1 Å². The molecule has 1 aromatic heterocycles. The highest BCUT2D eigenvalue weighted by atomic mass is 35.5. The average Bonchev–Trinajstić information content (AvgIpc) is 2.83. The highest BCUT2D eigenvalue weighted by Crippen LogP contribution is 2.28. The van der Waals surface area contributed by atoms with Crippen molar-refractivity contribution in [2.75, 3.05) is 5.73 Å². The first-order valence-electron chi connectivity index (χ1n) is 5.87. The molecule has 0 aliphatic rings. The summed E-state index contributed by atoms with van der Waals surface area (Å²) in [6, 6.07) is 13.0. The molecule has 0 saturated heterocycles. The predicted octanol–water partition coefficient (Wildman–Crippen LogP) is 4.25. The second-order valence-electron chi connectivity index (χ2n) is 4.20. The van der Waals surface area contributed by atoms with Crippen molar-refractivity contribution >= 4 is 28.3 Å². The monoisotopic (exact) mass is 273 g/mol. The van der Waals surface area contributed by atoms with E-state index in [0.29, 0.717) is 28.6 Å². The van der Waals surface area contributed by atoms with Crippen LogP contribution in [0, 0.1) is 0 Å². The van der Waals surface area contributed by atoms with Crippen LogP contribution >= 0.6 is 11.6 Å². The maximum Gasteiger partial charge on any atom is 0.157 e. The summed E-state index contributed by atoms with van der Waals surface area (Å²) >= 11 is 6.04. The first-order chi connectivity index (χ1) is 9.25. The van der Waals surface area contributed by atoms with Crippen molar-refractivity contribution in [3.63, 3.8) is 0 Å². The molecule has 0 fully saturated rings. The van der Waals surface area contributed by atoms with E-state index in [4.69, 9.17) is 26.5 Å². The van der Waals surface area contributed by atoms with E-state index in [1.165, 1.54) is 0 Å². The zero-order valence-electron chi connectivity index (χ0n) is 10.1. The van der Waals surface area contributed by atoms with Crippen LogP contribution in [0.2, 0.25) is 5.02 Å². The van der Waals surface area contributed by atoms with Crippen molar-refractivity contribution in [3.8, 4) is 5.75 Å². The van der Waals surface area contributed by atoms with Crippen molar-refractivity contribution in [1.29, 1.82) is 0 Å². The van der Waals surface area contributed by atoms with Crippen LogP contribution in [0.4, 0.5) is 5.69 Å². The van der Waals surface area contributed by atoms with Gasteiger partial charge in [0.05, 0.1) is 17.0 Å². The molecule has 3 nitrogen and oxygen atoms in total. The summed E-state index contributed by atoms with van der Waals surface area (Å²) in [6.45, 7) is 0.389. The molecule has 1 heterocycles. The second-order valence-corrected chi connectivity index (χ2v) is 4.61. The molecule has 0 bridgehead atoms. The van der Waals surface area contributed by atoms with Gasteiger partial charge in [0, 0.05) is 10.9 Å². The molecule has 2 aromatic carbocycles. The molecule has 3 aromatic rings. The molecule has 96 valence electrons. The fraction of sp³-hybridized carbons (Fsp3) is 0.0667. The number of benzene rings is 2. The van der Waals surface area contributed by atoms with E-state index in [1.807, 2.05) is 36.4 Å². The number of para-hydroxylation sites is 2. The maximum absolute atomic E-state index is 6.04. The summed E-state index contributed by atoms with van der Waals surface area (Å²) in [7, 11) is 0. The first kappa shape index (κ1) is 11.9. The molecular formula is C15H12ClNO2. The van der Waals surface area contributed by atoms with Crippen LogP contribution in [-0.2, 0) is 6.61 Å². The Hall–Kier alpha value is -2.13. The highest BCUT2D eigenvalue weighted by Gasteiger charge is 2.09. The van der Waals surface area contributed by atoms with E-state index in [0.717, 1.165) is 10.9 Å². The van der Waals surface area contributed by atoms with Crippen LogP contribution in [0.1, 0.15) is 5.56 Å². The normalized spacial score (nSPS) is 10.8. The summed E-state index contributed by atoms with van der Waals surface area (Å²) in [6.07, 6.45) is 1.66. The number of ether oxygens (including phenoxy) is 1. The molecule has 4 heteroatoms. The Bertz CT molecular complexity index is 721. The Labute approximate surface area is 115 Å². The minimum Gasteiger partial charge on any atom is -0.487 e. The molecule has 2 N–H and O–H groups in total. The third-order valence-corrected chi connectivity index (χ3v) is 3.24. The molecule has 0 unspecified atom stereocenters. The minimum absolute atomic E-state index is 0.389. The third-order valence-electron chi connectivity index (χ3n) is 2.93. The lowest BCUT2D eigenvalue weighted by Crippen LogP contribution is -1.95. The number of nitrogen functional groups attached to an aromatic ring is 1. The molecule has 0 atom stereocenters. The van der Waals surface area contributed by atoms with Crippen LogP contribution < -0.4 is 10.5 Å². The SMILES string of the molecule is Nc1cccc2c(COc3ccccc3Cl)coc12. The van der Waals surface area contributed by atoms with Gasteiger partial charge in [0.2, 0.25) is 0 Å². The molecule has 0 saturated carbocycles. The topological polar surface area (TPSA) is 48.4 Å². The highest BCUT2D eigenvalue weighted by molar-refractivity contribution is 6.32. The zero-order chi connectivity index (χ0) is 13.2. The van der Waals surface area contributed by atoms with Gasteiger partial charge >= 0.3 is 0 Å². The fourth-order valence-corrected chi connectivity index (χ4v) is 2.15. The van der Waals surface area contributed by atoms with Crippen LogP contribution in [0.25, 0.3) is 11.0 Å². The summed E-state index contributed by atoms with van der Waals surface area (Å²) in [5, 5.41) is 1.56. The summed E-state index contributed by atoms with van der Waals surface area (Å²) in [5.41, 5.74) is 8.11. The van der Waals surface area contributed by atoms with Gasteiger partial charge in [-0.05, 0) is 18.2 Å². The number of halogens is 1. The lowest BCUT2D eigenvalue weighted by atomic mass is 10.1. The average molecular weight is 274 g/mol. The van der Waals surface area contributed by atoms with Gasteiger partial charge in [0.1, 0.15) is 12.4 Å². The lowest BCUT2D eigenvalue weighted by molar-refractivity contribution is 0.306. The molecule has 0 radical (unpaired) electrons. The summed E-state index contributed by atoms with van der Waals surface area (Å²) < 4.78 is 11.2. The van der Waals surface area contributed by atoms with Gasteiger partial charge in [-0.1, -0.05) is 35.9 Å². The van der Waals surface area contributed by atoms with Crippen LogP contribution in [-0.4, -0.2) is 0 Å². The largest absolute Gasteiger partial charge is 0.487 e. The maximum atomic E-state index is 6.04. The van der Waals surface area contributed by atoms with Crippen molar-refractivity contribution in [3.05, 3.63) is 59.3 Å². The van der Waals surface area contributed by atoms with Gasteiger partial charge in [-0.3, -0.25) is 0 Å². The molecule has 3 rings (SSSR count). The van der Waals surface area contributed by atoms with Crippen molar-refractivity contribution in [1.82, 2.24) is 0 Å². The fourth-order valence-electron chi connectivity index (χ4n) is 1.96. The van der Waals surface area contributed by atoms with Crippen molar-refractivity contribution < 1.29 is 9.15 Å². The van der Waals surface area contributed by atoms with E-state index < -0.39 is 0 Å². The van der Waals surface area contributed by atoms with E-state index in [-0.39, 0.29) is 0 Å². The minimum atomic E-state index is 0.389. The van der Waals surface area contributed by atoms with Crippen LogP contribution in [0.3, 0.4) is 0 Å². The van der Waals surface area contributed by atoms with Gasteiger partial charge in [0.15, 0.2) is 5.58 Å². The quantitative estimate of drug-likeness (QED) is 0.726. The molecule has 19 heavy (non-hydrogen) atoms. The zero-order valence-corrected chi connectivity index (χ0v) is 10.9. The molecule has 0 amide bonds.